The van der Waals surface area contributed by atoms with E-state index < -0.39 is 0 Å². The fraction of sp³-hybridized carbons (Fsp3) is 0.412. The van der Waals surface area contributed by atoms with Crippen LogP contribution in [0.2, 0.25) is 0 Å². The van der Waals surface area contributed by atoms with E-state index in [0.717, 1.165) is 16.3 Å². The molecule has 0 aliphatic rings. The van der Waals surface area contributed by atoms with E-state index in [9.17, 15) is 4.79 Å². The van der Waals surface area contributed by atoms with Crippen LogP contribution in [0.25, 0.3) is 10.6 Å². The van der Waals surface area contributed by atoms with Crippen LogP contribution in [0.1, 0.15) is 12.6 Å². The zero-order valence-electron chi connectivity index (χ0n) is 14.4. The molecule has 24 heavy (non-hydrogen) atoms. The number of rotatable bonds is 7. The van der Waals surface area contributed by atoms with Gasteiger partial charge in [-0.15, -0.1) is 11.3 Å². The van der Waals surface area contributed by atoms with Crippen molar-refractivity contribution in [3.8, 4) is 22.1 Å². The molecule has 1 heterocycles. The second-order valence-electron chi connectivity index (χ2n) is 5.48. The number of methoxy groups -OCH3 is 2. The Morgan fingerprint density at radius 2 is 2.04 bits per heavy atom. The molecule has 0 aliphatic heterocycles. The first kappa shape index (κ1) is 18.2. The summed E-state index contributed by atoms with van der Waals surface area (Å²) in [4.78, 5) is 18.5. The number of thiazole rings is 1. The fourth-order valence-corrected chi connectivity index (χ4v) is 2.99. The number of benzene rings is 1. The van der Waals surface area contributed by atoms with E-state index in [0.29, 0.717) is 18.0 Å². The predicted octanol–water partition coefficient (Wildman–Crippen LogP) is 2.18. The molecule has 0 aliphatic carbocycles. The summed E-state index contributed by atoms with van der Waals surface area (Å²) in [7, 11) is 4.97. The summed E-state index contributed by atoms with van der Waals surface area (Å²) in [5, 5.41) is 2.75. The number of hydrogen-bond acceptors (Lipinski definition) is 6. The standard InChI is InChI=1S/C17H23N3O3S/c1-11(9-18)20(2)16(21)8-13-10-24-17(19-13)12-5-6-14(22-3)15(7-12)23-4/h5-7,10-11H,8-9,18H2,1-4H3. The van der Waals surface area contributed by atoms with E-state index in [2.05, 4.69) is 4.98 Å². The predicted molar refractivity (Wildman–Crippen MR) is 95.6 cm³/mol. The first-order valence-corrected chi connectivity index (χ1v) is 8.50. The number of ether oxygens (including phenoxy) is 2. The highest BCUT2D eigenvalue weighted by molar-refractivity contribution is 7.13. The number of nitrogens with zero attached hydrogens (tertiary/aromatic N) is 2. The van der Waals surface area contributed by atoms with Crippen LogP contribution in [0.4, 0.5) is 0 Å². The van der Waals surface area contributed by atoms with E-state index in [1.165, 1.54) is 11.3 Å². The van der Waals surface area contributed by atoms with Crippen molar-refractivity contribution in [3.05, 3.63) is 29.3 Å². The van der Waals surface area contributed by atoms with Crippen LogP contribution in [-0.2, 0) is 11.2 Å². The summed E-state index contributed by atoms with van der Waals surface area (Å²) in [5.74, 6) is 1.34. The summed E-state index contributed by atoms with van der Waals surface area (Å²) < 4.78 is 10.6. The minimum Gasteiger partial charge on any atom is -0.493 e. The first-order chi connectivity index (χ1) is 11.5. The molecule has 2 rings (SSSR count). The summed E-state index contributed by atoms with van der Waals surface area (Å²) in [6.07, 6.45) is 0.268. The lowest BCUT2D eigenvalue weighted by molar-refractivity contribution is -0.130. The molecule has 0 saturated carbocycles. The van der Waals surface area contributed by atoms with Crippen molar-refractivity contribution < 1.29 is 14.3 Å². The van der Waals surface area contributed by atoms with Gasteiger partial charge in [0.05, 0.1) is 26.3 Å². The van der Waals surface area contributed by atoms with Gasteiger partial charge in [-0.3, -0.25) is 4.79 Å². The number of likely N-dealkylation sites (N-methyl/N-ethyl adjacent to an activating group) is 1. The summed E-state index contributed by atoms with van der Waals surface area (Å²) in [6.45, 7) is 2.37. The smallest absolute Gasteiger partial charge is 0.228 e. The molecule has 0 saturated heterocycles. The Bertz CT molecular complexity index is 702. The molecule has 0 spiro atoms. The van der Waals surface area contributed by atoms with Crippen LogP contribution in [0.5, 0.6) is 11.5 Å². The minimum atomic E-state index is 0.0112. The maximum absolute atomic E-state index is 12.2. The number of nitrogens with two attached hydrogens (primary N) is 1. The maximum atomic E-state index is 12.2. The van der Waals surface area contributed by atoms with Crippen LogP contribution >= 0.6 is 11.3 Å². The molecule has 1 atom stereocenters. The van der Waals surface area contributed by atoms with Crippen molar-refractivity contribution in [2.75, 3.05) is 27.8 Å². The van der Waals surface area contributed by atoms with Crippen molar-refractivity contribution in [1.82, 2.24) is 9.88 Å². The number of amides is 1. The average molecular weight is 349 g/mol. The van der Waals surface area contributed by atoms with E-state index >= 15 is 0 Å². The molecule has 0 bridgehead atoms. The normalized spacial score (nSPS) is 11.9. The molecule has 2 N–H and O–H groups in total. The lowest BCUT2D eigenvalue weighted by Gasteiger charge is -2.23. The topological polar surface area (TPSA) is 77.7 Å². The van der Waals surface area contributed by atoms with Crippen LogP contribution in [0.15, 0.2) is 23.6 Å². The summed E-state index contributed by atoms with van der Waals surface area (Å²) in [5.41, 5.74) is 7.29. The van der Waals surface area contributed by atoms with Gasteiger partial charge >= 0.3 is 0 Å². The van der Waals surface area contributed by atoms with Crippen LogP contribution in [-0.4, -0.2) is 49.6 Å². The van der Waals surface area contributed by atoms with Gasteiger partial charge in [-0.2, -0.15) is 0 Å². The Morgan fingerprint density at radius 3 is 2.67 bits per heavy atom. The van der Waals surface area contributed by atoms with Crippen molar-refractivity contribution in [1.29, 1.82) is 0 Å². The van der Waals surface area contributed by atoms with Gasteiger partial charge in [0.1, 0.15) is 5.01 Å². The molecule has 1 aromatic carbocycles. The highest BCUT2D eigenvalue weighted by Crippen LogP contribution is 2.33. The monoisotopic (exact) mass is 349 g/mol. The molecular weight excluding hydrogens is 326 g/mol. The molecule has 6 nitrogen and oxygen atoms in total. The summed E-state index contributed by atoms with van der Waals surface area (Å²) >= 11 is 1.50. The Morgan fingerprint density at radius 1 is 1.33 bits per heavy atom. The van der Waals surface area contributed by atoms with E-state index in [4.69, 9.17) is 15.2 Å². The second kappa shape index (κ2) is 8.12. The number of hydrogen-bond donors (Lipinski definition) is 1. The Balaban J connectivity index is 2.15. The van der Waals surface area contributed by atoms with Gasteiger partial charge in [0.15, 0.2) is 11.5 Å². The van der Waals surface area contributed by atoms with Gasteiger partial charge < -0.3 is 20.1 Å². The average Bonchev–Trinajstić information content (AvgIpc) is 3.07. The molecule has 130 valence electrons. The Kier molecular flexibility index (Phi) is 6.16. The lowest BCUT2D eigenvalue weighted by Crippen LogP contribution is -2.40. The Hall–Kier alpha value is -2.12. The van der Waals surface area contributed by atoms with Gasteiger partial charge in [0.2, 0.25) is 5.91 Å². The van der Waals surface area contributed by atoms with Crippen molar-refractivity contribution >= 4 is 17.2 Å². The third-order valence-electron chi connectivity index (χ3n) is 3.91. The molecule has 1 unspecified atom stereocenters. The fourth-order valence-electron chi connectivity index (χ4n) is 2.17. The Labute approximate surface area is 146 Å². The van der Waals surface area contributed by atoms with Gasteiger partial charge in [0, 0.05) is 30.6 Å². The number of carbonyl (C=O) groups excluding carboxylic acids is 1. The van der Waals surface area contributed by atoms with Gasteiger partial charge in [-0.1, -0.05) is 0 Å². The number of aromatic nitrogens is 1. The molecule has 0 fully saturated rings. The molecule has 1 amide bonds. The maximum Gasteiger partial charge on any atom is 0.228 e. The molecular formula is C17H23N3O3S. The molecule has 2 aromatic rings. The first-order valence-electron chi connectivity index (χ1n) is 7.62. The largest absolute Gasteiger partial charge is 0.493 e. The number of carbonyl (C=O) groups is 1. The minimum absolute atomic E-state index is 0.0112. The van der Waals surface area contributed by atoms with E-state index in [1.54, 1.807) is 26.2 Å². The van der Waals surface area contributed by atoms with Crippen LogP contribution in [0.3, 0.4) is 0 Å². The highest BCUT2D eigenvalue weighted by Gasteiger charge is 2.17. The molecule has 0 radical (unpaired) electrons. The second-order valence-corrected chi connectivity index (χ2v) is 6.34. The third kappa shape index (κ3) is 4.04. The molecule has 7 heteroatoms. The van der Waals surface area contributed by atoms with Crippen LogP contribution in [0, 0.1) is 0 Å². The van der Waals surface area contributed by atoms with Crippen LogP contribution < -0.4 is 15.2 Å². The van der Waals surface area contributed by atoms with Crippen molar-refractivity contribution in [2.45, 2.75) is 19.4 Å². The summed E-state index contributed by atoms with van der Waals surface area (Å²) in [6, 6.07) is 5.67. The van der Waals surface area contributed by atoms with Gasteiger partial charge in [0.25, 0.3) is 0 Å². The third-order valence-corrected chi connectivity index (χ3v) is 4.85. The highest BCUT2D eigenvalue weighted by atomic mass is 32.1. The lowest BCUT2D eigenvalue weighted by atomic mass is 10.2. The van der Waals surface area contributed by atoms with E-state index in [-0.39, 0.29) is 18.4 Å². The van der Waals surface area contributed by atoms with Crippen molar-refractivity contribution in [3.63, 3.8) is 0 Å². The van der Waals surface area contributed by atoms with E-state index in [1.807, 2.05) is 30.5 Å². The van der Waals surface area contributed by atoms with Crippen molar-refractivity contribution in [2.24, 2.45) is 5.73 Å². The quantitative estimate of drug-likeness (QED) is 0.829. The van der Waals surface area contributed by atoms with Gasteiger partial charge in [-0.25, -0.2) is 4.98 Å². The SMILES string of the molecule is COc1ccc(-c2nc(CC(=O)N(C)C(C)CN)cs2)cc1OC. The molecule has 1 aromatic heterocycles. The zero-order chi connectivity index (χ0) is 17.7. The van der Waals surface area contributed by atoms with Gasteiger partial charge in [-0.05, 0) is 25.1 Å². The zero-order valence-corrected chi connectivity index (χ0v) is 15.2.